The number of aliphatic carboxylic acids is 1. The molecule has 258 valence electrons. The molecule has 13 unspecified atom stereocenters. The lowest BCUT2D eigenvalue weighted by molar-refractivity contribution is -0.266. The predicted octanol–water partition coefficient (Wildman–Crippen LogP) is 4.89. The molecule has 0 bridgehead atoms. The zero-order chi connectivity index (χ0) is 33.4. The number of aliphatic hydroxyl groups is 3. The van der Waals surface area contributed by atoms with E-state index in [1.54, 1.807) is 21.0 Å². The zero-order valence-corrected chi connectivity index (χ0v) is 29.0. The van der Waals surface area contributed by atoms with E-state index in [0.29, 0.717) is 18.3 Å². The van der Waals surface area contributed by atoms with Gasteiger partial charge in [-0.15, -0.1) is 0 Å². The zero-order valence-electron chi connectivity index (χ0n) is 29.0. The lowest BCUT2D eigenvalue weighted by atomic mass is 9.37. The fourth-order valence-electron chi connectivity index (χ4n) is 12.5. The minimum Gasteiger partial charge on any atom is -0.481 e. The molecule has 5 N–H and O–H groups in total. The predicted molar refractivity (Wildman–Crippen MR) is 170 cm³/mol. The Kier molecular flexibility index (Phi) is 9.23. The van der Waals surface area contributed by atoms with Crippen LogP contribution in [0.25, 0.3) is 0 Å². The molecule has 5 fully saturated rings. The van der Waals surface area contributed by atoms with Crippen LogP contribution in [0, 0.1) is 50.7 Å². The summed E-state index contributed by atoms with van der Waals surface area (Å²) in [5, 5.41) is 42.4. The number of carbonyl (C=O) groups excluding carboxylic acids is 1. The highest BCUT2D eigenvalue weighted by Gasteiger charge is 2.85. The molecule has 9 nitrogen and oxygen atoms in total. The van der Waals surface area contributed by atoms with Gasteiger partial charge in [-0.05, 0) is 123 Å². The molecule has 0 amide bonds. The quantitative estimate of drug-likeness (QED) is 0.141. The Morgan fingerprint density at radius 3 is 2.38 bits per heavy atom. The van der Waals surface area contributed by atoms with E-state index < -0.39 is 29.8 Å². The van der Waals surface area contributed by atoms with Gasteiger partial charge in [0.05, 0.1) is 30.0 Å². The summed E-state index contributed by atoms with van der Waals surface area (Å²) in [4.78, 5) is 29.9. The van der Waals surface area contributed by atoms with E-state index in [2.05, 4.69) is 40.1 Å². The van der Waals surface area contributed by atoms with Gasteiger partial charge in [-0.1, -0.05) is 34.6 Å². The number of rotatable bonds is 13. The van der Waals surface area contributed by atoms with Crippen molar-refractivity contribution in [2.24, 2.45) is 50.7 Å². The van der Waals surface area contributed by atoms with Crippen molar-refractivity contribution in [2.75, 3.05) is 7.11 Å². The summed E-state index contributed by atoms with van der Waals surface area (Å²) < 4.78 is 5.48. The van der Waals surface area contributed by atoms with Crippen molar-refractivity contribution < 1.29 is 39.6 Å². The summed E-state index contributed by atoms with van der Waals surface area (Å²) in [6.07, 6.45) is 7.02. The SMILES string of the molecule is COC(C)(C)C(O)C(O)CC(C)C1CCC23CC12CCC1C2(C)CCC(O)C(C)(C)C2CC(ONC(C=O)CCC(=O)O)C13C. The van der Waals surface area contributed by atoms with Crippen molar-refractivity contribution in [3.8, 4) is 0 Å². The average molecular weight is 636 g/mol. The van der Waals surface area contributed by atoms with E-state index in [-0.39, 0.29) is 64.0 Å². The van der Waals surface area contributed by atoms with Gasteiger partial charge >= 0.3 is 5.97 Å². The summed E-state index contributed by atoms with van der Waals surface area (Å²) >= 11 is 0. The third-order valence-electron chi connectivity index (χ3n) is 15.2. The third-order valence-corrected chi connectivity index (χ3v) is 15.2. The Balaban J connectivity index is 1.45. The number of carboxylic acids is 1. The highest BCUT2D eigenvalue weighted by molar-refractivity contribution is 5.68. The molecule has 0 spiro atoms. The first-order chi connectivity index (χ1) is 20.9. The lowest BCUT2D eigenvalue weighted by Gasteiger charge is -2.69. The van der Waals surface area contributed by atoms with Crippen LogP contribution in [0.1, 0.15) is 119 Å². The summed E-state index contributed by atoms with van der Waals surface area (Å²) in [6, 6.07) is -0.702. The highest BCUT2D eigenvalue weighted by atomic mass is 16.7. The Labute approximate surface area is 270 Å². The number of nitrogens with one attached hydrogen (secondary N) is 1. The van der Waals surface area contributed by atoms with Crippen LogP contribution < -0.4 is 5.48 Å². The first-order valence-electron chi connectivity index (χ1n) is 17.6. The van der Waals surface area contributed by atoms with Gasteiger partial charge in [0.25, 0.3) is 0 Å². The molecule has 0 radical (unpaired) electrons. The molecule has 5 aliphatic carbocycles. The molecule has 13 atom stereocenters. The molecule has 0 aromatic carbocycles. The van der Waals surface area contributed by atoms with Crippen molar-refractivity contribution in [3.63, 3.8) is 0 Å². The molecule has 9 heteroatoms. The monoisotopic (exact) mass is 635 g/mol. The van der Waals surface area contributed by atoms with Gasteiger partial charge in [-0.25, -0.2) is 0 Å². The van der Waals surface area contributed by atoms with Crippen LogP contribution in [0.3, 0.4) is 0 Å². The van der Waals surface area contributed by atoms with Gasteiger partial charge in [0, 0.05) is 18.9 Å². The number of fused-ring (bicyclic) bond motifs is 3. The number of aldehydes is 1. The average Bonchev–Trinajstić information content (AvgIpc) is 3.55. The van der Waals surface area contributed by atoms with Crippen molar-refractivity contribution >= 4 is 12.3 Å². The minimum atomic E-state index is -0.975. The van der Waals surface area contributed by atoms with Crippen LogP contribution in [0.15, 0.2) is 0 Å². The van der Waals surface area contributed by atoms with E-state index in [4.69, 9.17) is 9.57 Å². The number of methoxy groups -OCH3 is 1. The summed E-state index contributed by atoms with van der Waals surface area (Å²) in [6.45, 7) is 15.2. The van der Waals surface area contributed by atoms with Gasteiger partial charge < -0.3 is 30.0 Å². The molecule has 0 aromatic heterocycles. The van der Waals surface area contributed by atoms with Crippen LogP contribution in [0.5, 0.6) is 0 Å². The second-order valence-electron chi connectivity index (χ2n) is 17.5. The van der Waals surface area contributed by atoms with Gasteiger partial charge in [0.1, 0.15) is 12.4 Å². The second kappa shape index (κ2) is 11.8. The Hall–Kier alpha value is -1.10. The summed E-state index contributed by atoms with van der Waals surface area (Å²) in [7, 11) is 1.56. The fourth-order valence-corrected chi connectivity index (χ4v) is 12.5. The smallest absolute Gasteiger partial charge is 0.303 e. The molecule has 5 saturated carbocycles. The number of carboxylic acid groups (broad SMARTS) is 1. The van der Waals surface area contributed by atoms with E-state index in [0.717, 1.165) is 57.7 Å². The van der Waals surface area contributed by atoms with Crippen molar-refractivity contribution in [1.29, 1.82) is 0 Å². The number of hydroxylamine groups is 1. The highest BCUT2D eigenvalue weighted by Crippen LogP contribution is 2.91. The molecule has 0 heterocycles. The van der Waals surface area contributed by atoms with E-state index in [9.17, 15) is 30.0 Å². The van der Waals surface area contributed by atoms with Crippen LogP contribution in [0.4, 0.5) is 0 Å². The van der Waals surface area contributed by atoms with Crippen LogP contribution in [-0.2, 0) is 19.2 Å². The van der Waals surface area contributed by atoms with Crippen LogP contribution in [0.2, 0.25) is 0 Å². The van der Waals surface area contributed by atoms with E-state index >= 15 is 0 Å². The van der Waals surface area contributed by atoms with Gasteiger partial charge in [-0.3, -0.25) is 9.63 Å². The molecule has 0 aromatic rings. The maximum absolute atomic E-state index is 12.0. The van der Waals surface area contributed by atoms with Crippen molar-refractivity contribution in [3.05, 3.63) is 0 Å². The largest absolute Gasteiger partial charge is 0.481 e. The first kappa shape index (κ1) is 35.2. The Morgan fingerprint density at radius 2 is 1.76 bits per heavy atom. The Bertz CT molecular complexity index is 1130. The molecule has 0 aliphatic heterocycles. The summed E-state index contributed by atoms with van der Waals surface area (Å²) in [5.74, 6) is 0.355. The molecule has 5 aliphatic rings. The summed E-state index contributed by atoms with van der Waals surface area (Å²) in [5.41, 5.74) is 2.03. The number of hydrogen-bond donors (Lipinski definition) is 5. The third kappa shape index (κ3) is 5.16. The first-order valence-corrected chi connectivity index (χ1v) is 17.6. The van der Waals surface area contributed by atoms with Gasteiger partial charge in [-0.2, -0.15) is 5.48 Å². The number of hydrogen-bond acceptors (Lipinski definition) is 8. The molecule has 45 heavy (non-hydrogen) atoms. The Morgan fingerprint density at radius 1 is 1.07 bits per heavy atom. The normalized spacial score (nSPS) is 44.4. The van der Waals surface area contributed by atoms with E-state index in [1.165, 1.54) is 0 Å². The van der Waals surface area contributed by atoms with Crippen LogP contribution >= 0.6 is 0 Å². The van der Waals surface area contributed by atoms with E-state index in [1.807, 2.05) is 0 Å². The van der Waals surface area contributed by atoms with Gasteiger partial charge in [0.15, 0.2) is 0 Å². The molecular formula is C36H61NO8. The second-order valence-corrected chi connectivity index (χ2v) is 17.5. The molecule has 0 saturated heterocycles. The molecular weight excluding hydrogens is 574 g/mol. The topological polar surface area (TPSA) is 146 Å². The standard InChI is InChI=1S/C36H61NO8/c1-21(17-24(39)30(43)32(4,5)44-8)23-11-16-36-20-35(23,36)15-12-25-33(6)14-13-27(40)31(2,3)26(33)18-28(34(25,36)7)45-37-22(19-38)9-10-29(41)42/h19,21-28,30,37,39-40,43H,9-18,20H2,1-8H3,(H,41,42). The maximum Gasteiger partial charge on any atom is 0.303 e. The fraction of sp³-hybridized carbons (Fsp3) is 0.944. The van der Waals surface area contributed by atoms with Crippen molar-refractivity contribution in [2.45, 2.75) is 155 Å². The number of carbonyl (C=O) groups is 2. The lowest BCUT2D eigenvalue weighted by Crippen LogP contribution is -2.67. The van der Waals surface area contributed by atoms with Crippen LogP contribution in [-0.4, -0.2) is 75.9 Å². The number of aliphatic hydroxyl groups excluding tert-OH is 3. The van der Waals surface area contributed by atoms with Gasteiger partial charge in [0.2, 0.25) is 0 Å². The number of ether oxygens (including phenoxy) is 1. The minimum absolute atomic E-state index is 0.0456. The van der Waals surface area contributed by atoms with Crippen molar-refractivity contribution in [1.82, 2.24) is 5.48 Å². The maximum atomic E-state index is 12.0. The molecule has 5 rings (SSSR count).